The number of amides is 4. The van der Waals surface area contributed by atoms with Crippen molar-refractivity contribution in [3.05, 3.63) is 0 Å². The molecule has 1 fully saturated rings. The van der Waals surface area contributed by atoms with Crippen LogP contribution in [0.4, 0.5) is 0 Å². The zero-order valence-electron chi connectivity index (χ0n) is 13.7. The van der Waals surface area contributed by atoms with Gasteiger partial charge in [-0.15, -0.1) is 0 Å². The van der Waals surface area contributed by atoms with Crippen LogP contribution < -0.4 is 16.2 Å². The van der Waals surface area contributed by atoms with E-state index in [0.717, 1.165) is 12.8 Å². The Morgan fingerprint density at radius 3 is 2.46 bits per heavy atom. The van der Waals surface area contributed by atoms with Crippen LogP contribution in [-0.4, -0.2) is 51.2 Å². The Bertz CT molecular complexity index is 509. The summed E-state index contributed by atoms with van der Waals surface area (Å²) in [7, 11) is 0. The van der Waals surface area contributed by atoms with Crippen molar-refractivity contribution in [1.29, 1.82) is 0 Å². The molecule has 1 aliphatic rings. The molecule has 0 radical (unpaired) electrons. The Morgan fingerprint density at radius 1 is 1.17 bits per heavy atom. The van der Waals surface area contributed by atoms with Gasteiger partial charge >= 0.3 is 11.8 Å². The van der Waals surface area contributed by atoms with Gasteiger partial charge in [0.2, 0.25) is 11.8 Å². The SMILES string of the molecule is CC(C)NC(=O)C(=O)NNC(=O)CCCCCN1C(=O)CSC1=S. The van der Waals surface area contributed by atoms with Crippen molar-refractivity contribution < 1.29 is 19.2 Å². The van der Waals surface area contributed by atoms with Crippen molar-refractivity contribution in [1.82, 2.24) is 21.1 Å². The van der Waals surface area contributed by atoms with Crippen molar-refractivity contribution in [2.45, 2.75) is 45.6 Å². The molecule has 0 atom stereocenters. The molecule has 134 valence electrons. The van der Waals surface area contributed by atoms with Gasteiger partial charge in [0.05, 0.1) is 5.75 Å². The monoisotopic (exact) mass is 374 g/mol. The summed E-state index contributed by atoms with van der Waals surface area (Å²) in [5.74, 6) is -1.63. The lowest BCUT2D eigenvalue weighted by atomic mass is 10.2. The third-order valence-electron chi connectivity index (χ3n) is 3.07. The Morgan fingerprint density at radius 2 is 1.88 bits per heavy atom. The minimum absolute atomic E-state index is 0.0325. The number of unbranched alkanes of at least 4 members (excludes halogenated alkanes) is 2. The van der Waals surface area contributed by atoms with E-state index in [1.807, 2.05) is 0 Å². The van der Waals surface area contributed by atoms with E-state index in [1.54, 1.807) is 18.7 Å². The van der Waals surface area contributed by atoms with Crippen LogP contribution in [0.5, 0.6) is 0 Å². The number of nitrogens with zero attached hydrogens (tertiary/aromatic N) is 1. The molecule has 0 aromatic carbocycles. The standard InChI is InChI=1S/C14H22N4O4S2/c1-9(2)15-12(21)13(22)17-16-10(19)6-4-3-5-7-18-11(20)8-24-14(18)23/h9H,3-8H2,1-2H3,(H,15,21)(H,16,19)(H,17,22). The largest absolute Gasteiger partial charge is 0.346 e. The van der Waals surface area contributed by atoms with Gasteiger partial charge < -0.3 is 5.32 Å². The van der Waals surface area contributed by atoms with E-state index in [1.165, 1.54) is 11.8 Å². The highest BCUT2D eigenvalue weighted by Gasteiger charge is 2.25. The van der Waals surface area contributed by atoms with Gasteiger partial charge in [-0.05, 0) is 26.7 Å². The molecule has 1 aliphatic heterocycles. The lowest BCUT2D eigenvalue weighted by Gasteiger charge is -2.14. The molecule has 0 aromatic rings. The van der Waals surface area contributed by atoms with Gasteiger partial charge in [-0.1, -0.05) is 30.4 Å². The average molecular weight is 374 g/mol. The highest BCUT2D eigenvalue weighted by atomic mass is 32.2. The first kappa shape index (κ1) is 20.4. The number of rotatable bonds is 7. The maximum atomic E-state index is 11.6. The van der Waals surface area contributed by atoms with Crippen molar-refractivity contribution in [3.8, 4) is 0 Å². The van der Waals surface area contributed by atoms with Gasteiger partial charge in [-0.3, -0.25) is 34.9 Å². The first-order valence-corrected chi connectivity index (χ1v) is 9.07. The van der Waals surface area contributed by atoms with Gasteiger partial charge in [0.1, 0.15) is 4.32 Å². The maximum absolute atomic E-state index is 11.6. The molecule has 4 amide bonds. The van der Waals surface area contributed by atoms with Crippen LogP contribution in [0.1, 0.15) is 39.5 Å². The molecule has 10 heteroatoms. The second kappa shape index (κ2) is 10.2. The molecule has 8 nitrogen and oxygen atoms in total. The molecule has 0 bridgehead atoms. The third-order valence-corrected chi connectivity index (χ3v) is 4.50. The van der Waals surface area contributed by atoms with Crippen molar-refractivity contribution in [2.75, 3.05) is 12.3 Å². The number of hydrazine groups is 1. The molecule has 1 heterocycles. The van der Waals surface area contributed by atoms with Crippen molar-refractivity contribution in [3.63, 3.8) is 0 Å². The molecule has 1 rings (SSSR count). The van der Waals surface area contributed by atoms with Crippen LogP contribution >= 0.6 is 24.0 Å². The van der Waals surface area contributed by atoms with Gasteiger partial charge in [-0.25, -0.2) is 0 Å². The minimum atomic E-state index is -0.907. The van der Waals surface area contributed by atoms with Crippen LogP contribution in [-0.2, 0) is 19.2 Å². The molecule has 24 heavy (non-hydrogen) atoms. The average Bonchev–Trinajstić information content (AvgIpc) is 2.83. The molecule has 0 unspecified atom stereocenters. The van der Waals surface area contributed by atoms with Crippen LogP contribution in [0, 0.1) is 0 Å². The Kier molecular flexibility index (Phi) is 8.69. The Hall–Kier alpha value is -1.68. The highest BCUT2D eigenvalue weighted by Crippen LogP contribution is 2.19. The van der Waals surface area contributed by atoms with Crippen LogP contribution in [0.2, 0.25) is 0 Å². The fourth-order valence-electron chi connectivity index (χ4n) is 1.90. The number of thioether (sulfide) groups is 1. The number of hydrogen-bond acceptors (Lipinski definition) is 6. The lowest BCUT2D eigenvalue weighted by molar-refractivity contribution is -0.141. The van der Waals surface area contributed by atoms with Gasteiger partial charge in [0.25, 0.3) is 0 Å². The first-order chi connectivity index (χ1) is 11.3. The molecule has 0 aromatic heterocycles. The minimum Gasteiger partial charge on any atom is -0.346 e. The van der Waals surface area contributed by atoms with E-state index in [2.05, 4.69) is 16.2 Å². The Balaban J connectivity index is 2.10. The zero-order valence-corrected chi connectivity index (χ0v) is 15.3. The summed E-state index contributed by atoms with van der Waals surface area (Å²) in [4.78, 5) is 47.4. The number of carbonyl (C=O) groups excluding carboxylic acids is 4. The maximum Gasteiger partial charge on any atom is 0.327 e. The van der Waals surface area contributed by atoms with Gasteiger partial charge in [-0.2, -0.15) is 0 Å². The van der Waals surface area contributed by atoms with Crippen molar-refractivity contribution in [2.24, 2.45) is 0 Å². The summed E-state index contributed by atoms with van der Waals surface area (Å²) in [6.07, 6.45) is 2.34. The zero-order chi connectivity index (χ0) is 18.1. The highest BCUT2D eigenvalue weighted by molar-refractivity contribution is 8.23. The van der Waals surface area contributed by atoms with Crippen LogP contribution in [0.25, 0.3) is 0 Å². The van der Waals surface area contributed by atoms with E-state index >= 15 is 0 Å². The van der Waals surface area contributed by atoms with Gasteiger partial charge in [0.15, 0.2) is 0 Å². The molecule has 0 spiro atoms. The van der Waals surface area contributed by atoms with Crippen molar-refractivity contribution >= 4 is 51.9 Å². The summed E-state index contributed by atoms with van der Waals surface area (Å²) < 4.78 is 0.611. The number of nitrogens with one attached hydrogen (secondary N) is 3. The third kappa shape index (κ3) is 7.26. The number of carbonyl (C=O) groups is 4. The summed E-state index contributed by atoms with van der Waals surface area (Å²) in [6, 6.07) is -0.160. The summed E-state index contributed by atoms with van der Waals surface area (Å²) >= 11 is 6.44. The van der Waals surface area contributed by atoms with E-state index in [4.69, 9.17) is 12.2 Å². The predicted octanol–water partition coefficient (Wildman–Crippen LogP) is 0.0791. The molecule has 0 aliphatic carbocycles. The quantitative estimate of drug-likeness (QED) is 0.252. The predicted molar refractivity (Wildman–Crippen MR) is 94.8 cm³/mol. The topological polar surface area (TPSA) is 108 Å². The fourth-order valence-corrected chi connectivity index (χ4v) is 3.02. The second-order valence-corrected chi connectivity index (χ2v) is 7.15. The normalized spacial score (nSPS) is 14.0. The van der Waals surface area contributed by atoms with Crippen LogP contribution in [0.15, 0.2) is 0 Å². The van der Waals surface area contributed by atoms with Crippen LogP contribution in [0.3, 0.4) is 0 Å². The first-order valence-electron chi connectivity index (χ1n) is 7.68. The molecular formula is C14H22N4O4S2. The molecule has 3 N–H and O–H groups in total. The van der Waals surface area contributed by atoms with E-state index < -0.39 is 11.8 Å². The van der Waals surface area contributed by atoms with E-state index in [0.29, 0.717) is 23.0 Å². The summed E-state index contributed by atoms with van der Waals surface area (Å²) in [5, 5.41) is 2.41. The molecule has 0 saturated carbocycles. The van der Waals surface area contributed by atoms with Gasteiger partial charge in [0, 0.05) is 19.0 Å². The second-order valence-electron chi connectivity index (χ2n) is 5.54. The summed E-state index contributed by atoms with van der Waals surface area (Å²) in [5.41, 5.74) is 4.26. The van der Waals surface area contributed by atoms with E-state index in [-0.39, 0.29) is 24.3 Å². The molecule has 1 saturated heterocycles. The van der Waals surface area contributed by atoms with E-state index in [9.17, 15) is 19.2 Å². The summed E-state index contributed by atoms with van der Waals surface area (Å²) in [6.45, 7) is 4.02. The Labute approximate surface area is 150 Å². The smallest absolute Gasteiger partial charge is 0.327 e. The lowest BCUT2D eigenvalue weighted by Crippen LogP contribution is -2.49. The fraction of sp³-hybridized carbons (Fsp3) is 0.643. The number of thiocarbonyl (C=S) groups is 1. The molecular weight excluding hydrogens is 352 g/mol. The number of hydrogen-bond donors (Lipinski definition) is 3.